The zero-order chi connectivity index (χ0) is 17.0. The average molecular weight is 349 g/mol. The summed E-state index contributed by atoms with van der Waals surface area (Å²) in [6.45, 7) is 11.6. The van der Waals surface area contributed by atoms with Crippen LogP contribution in [0.1, 0.15) is 38.0 Å². The van der Waals surface area contributed by atoms with Gasteiger partial charge in [0.25, 0.3) is 0 Å². The molecule has 0 atom stereocenters. The van der Waals surface area contributed by atoms with Crippen molar-refractivity contribution in [3.05, 3.63) is 22.4 Å². The number of aliphatic imine (C=N–C) groups is 1. The van der Waals surface area contributed by atoms with Crippen LogP contribution in [-0.4, -0.2) is 55.5 Å². The van der Waals surface area contributed by atoms with Crippen molar-refractivity contribution in [2.24, 2.45) is 16.3 Å². The van der Waals surface area contributed by atoms with Crippen LogP contribution in [0.5, 0.6) is 0 Å². The first-order chi connectivity index (χ1) is 11.6. The van der Waals surface area contributed by atoms with Gasteiger partial charge in [-0.15, -0.1) is 11.3 Å². The van der Waals surface area contributed by atoms with Crippen LogP contribution in [0.2, 0.25) is 0 Å². The highest BCUT2D eigenvalue weighted by Crippen LogP contribution is 2.28. The summed E-state index contributed by atoms with van der Waals surface area (Å²) in [6, 6.07) is 4.40. The number of piperidine rings is 1. The molecule has 0 bridgehead atoms. The van der Waals surface area contributed by atoms with Gasteiger partial charge in [-0.25, -0.2) is 0 Å². The molecule has 0 spiro atoms. The molecule has 134 valence electrons. The highest BCUT2D eigenvalue weighted by molar-refractivity contribution is 7.09. The Morgan fingerprint density at radius 2 is 2.12 bits per heavy atom. The molecule has 0 aliphatic carbocycles. The van der Waals surface area contributed by atoms with Crippen LogP contribution in [0.4, 0.5) is 0 Å². The predicted molar refractivity (Wildman–Crippen MR) is 104 cm³/mol. The van der Waals surface area contributed by atoms with Gasteiger partial charge in [-0.1, -0.05) is 19.9 Å². The van der Waals surface area contributed by atoms with Gasteiger partial charge >= 0.3 is 0 Å². The second-order valence-electron chi connectivity index (χ2n) is 8.06. The third-order valence-electron chi connectivity index (χ3n) is 5.40. The molecule has 5 heteroatoms. The number of rotatable bonds is 4. The molecule has 3 rings (SSSR count). The zero-order valence-corrected chi connectivity index (χ0v) is 16.2. The highest BCUT2D eigenvalue weighted by atomic mass is 32.1. The fourth-order valence-electron chi connectivity index (χ4n) is 3.83. The Morgan fingerprint density at radius 1 is 1.33 bits per heavy atom. The molecule has 2 saturated heterocycles. The van der Waals surface area contributed by atoms with Crippen molar-refractivity contribution in [3.8, 4) is 0 Å². The summed E-state index contributed by atoms with van der Waals surface area (Å²) in [5, 5.41) is 5.82. The van der Waals surface area contributed by atoms with E-state index in [1.807, 2.05) is 18.4 Å². The van der Waals surface area contributed by atoms with Crippen LogP contribution in [0.3, 0.4) is 0 Å². The maximum Gasteiger partial charge on any atom is 0.193 e. The summed E-state index contributed by atoms with van der Waals surface area (Å²) in [4.78, 5) is 11.0. The third kappa shape index (κ3) is 4.73. The quantitative estimate of drug-likeness (QED) is 0.669. The summed E-state index contributed by atoms with van der Waals surface area (Å²) in [7, 11) is 1.91. The zero-order valence-electron chi connectivity index (χ0n) is 15.4. The molecule has 2 aliphatic rings. The van der Waals surface area contributed by atoms with E-state index >= 15 is 0 Å². The molecule has 1 aromatic heterocycles. The number of nitrogens with zero attached hydrogens (tertiary/aromatic N) is 3. The molecule has 0 aromatic carbocycles. The minimum absolute atomic E-state index is 0.421. The molecule has 4 nitrogen and oxygen atoms in total. The lowest BCUT2D eigenvalue weighted by molar-refractivity contribution is 0.179. The number of thiophene rings is 1. The summed E-state index contributed by atoms with van der Waals surface area (Å²) >= 11 is 1.87. The van der Waals surface area contributed by atoms with Gasteiger partial charge in [0.05, 0.1) is 0 Å². The van der Waals surface area contributed by atoms with Crippen molar-refractivity contribution in [3.63, 3.8) is 0 Å². The number of guanidine groups is 1. The second-order valence-corrected chi connectivity index (χ2v) is 9.10. The molecule has 1 aromatic rings. The summed E-state index contributed by atoms with van der Waals surface area (Å²) < 4.78 is 0. The first-order valence-corrected chi connectivity index (χ1v) is 10.1. The standard InChI is InChI=1S/C19H32N4S/c1-19(2)8-11-23(15-19)18(20-3)21-13-16-6-9-22(10-7-16)14-17-5-4-12-24-17/h4-5,12,16H,6-11,13-15H2,1-3H3,(H,20,21). The largest absolute Gasteiger partial charge is 0.356 e. The van der Waals surface area contributed by atoms with E-state index < -0.39 is 0 Å². The maximum atomic E-state index is 4.51. The van der Waals surface area contributed by atoms with Crippen molar-refractivity contribution in [2.45, 2.75) is 39.7 Å². The Hall–Kier alpha value is -1.07. The highest BCUT2D eigenvalue weighted by Gasteiger charge is 2.31. The lowest BCUT2D eigenvalue weighted by atomic mass is 9.93. The third-order valence-corrected chi connectivity index (χ3v) is 6.27. The molecule has 1 N–H and O–H groups in total. The van der Waals surface area contributed by atoms with Crippen molar-refractivity contribution in [1.82, 2.24) is 15.1 Å². The van der Waals surface area contributed by atoms with E-state index in [-0.39, 0.29) is 0 Å². The monoisotopic (exact) mass is 348 g/mol. The summed E-state index contributed by atoms with van der Waals surface area (Å²) in [5.74, 6) is 1.87. The Kier molecular flexibility index (Phi) is 5.82. The van der Waals surface area contributed by atoms with E-state index in [9.17, 15) is 0 Å². The first-order valence-electron chi connectivity index (χ1n) is 9.26. The maximum absolute atomic E-state index is 4.51. The SMILES string of the molecule is CN=C(NCC1CCN(Cc2cccs2)CC1)N1CCC(C)(C)C1. The molecule has 0 amide bonds. The van der Waals surface area contributed by atoms with Crippen LogP contribution < -0.4 is 5.32 Å². The van der Waals surface area contributed by atoms with Crippen LogP contribution in [0.15, 0.2) is 22.5 Å². The van der Waals surface area contributed by atoms with E-state index in [2.05, 4.69) is 51.5 Å². The molecule has 0 unspecified atom stereocenters. The van der Waals surface area contributed by atoms with Gasteiger partial charge in [-0.2, -0.15) is 0 Å². The Bertz CT molecular complexity index is 530. The van der Waals surface area contributed by atoms with Crippen molar-refractivity contribution in [2.75, 3.05) is 39.8 Å². The second kappa shape index (κ2) is 7.87. The van der Waals surface area contributed by atoms with Crippen LogP contribution in [-0.2, 0) is 6.54 Å². The molecule has 2 fully saturated rings. The van der Waals surface area contributed by atoms with Gasteiger partial charge in [-0.05, 0) is 55.1 Å². The lowest BCUT2D eigenvalue weighted by Crippen LogP contribution is -2.44. The van der Waals surface area contributed by atoms with Gasteiger partial charge in [0.1, 0.15) is 0 Å². The van der Waals surface area contributed by atoms with Gasteiger partial charge in [0, 0.05) is 38.1 Å². The molecule has 0 radical (unpaired) electrons. The smallest absolute Gasteiger partial charge is 0.193 e. The molecule has 3 heterocycles. The normalized spacial score (nSPS) is 23.0. The van der Waals surface area contributed by atoms with Crippen molar-refractivity contribution < 1.29 is 0 Å². The summed E-state index contributed by atoms with van der Waals surface area (Å²) in [6.07, 6.45) is 3.84. The number of likely N-dealkylation sites (tertiary alicyclic amines) is 2. The van der Waals surface area contributed by atoms with Crippen molar-refractivity contribution in [1.29, 1.82) is 0 Å². The van der Waals surface area contributed by atoms with Crippen LogP contribution in [0, 0.1) is 11.3 Å². The van der Waals surface area contributed by atoms with Gasteiger partial charge < -0.3 is 10.2 Å². The molecule has 24 heavy (non-hydrogen) atoms. The van der Waals surface area contributed by atoms with Gasteiger partial charge in [0.2, 0.25) is 0 Å². The lowest BCUT2D eigenvalue weighted by Gasteiger charge is -2.32. The topological polar surface area (TPSA) is 30.9 Å². The van der Waals surface area contributed by atoms with E-state index in [4.69, 9.17) is 0 Å². The fraction of sp³-hybridized carbons (Fsp3) is 0.737. The van der Waals surface area contributed by atoms with Gasteiger partial charge in [-0.3, -0.25) is 9.89 Å². The average Bonchev–Trinajstić information content (AvgIpc) is 3.19. The van der Waals surface area contributed by atoms with Crippen molar-refractivity contribution >= 4 is 17.3 Å². The molecular formula is C19H32N4S. The van der Waals surface area contributed by atoms with E-state index in [1.165, 1.54) is 37.2 Å². The van der Waals surface area contributed by atoms with E-state index in [0.29, 0.717) is 5.41 Å². The number of hydrogen-bond acceptors (Lipinski definition) is 3. The Morgan fingerprint density at radius 3 is 2.71 bits per heavy atom. The fourth-order valence-corrected chi connectivity index (χ4v) is 4.58. The number of hydrogen-bond donors (Lipinski definition) is 1. The van der Waals surface area contributed by atoms with Gasteiger partial charge in [0.15, 0.2) is 5.96 Å². The predicted octanol–water partition coefficient (Wildman–Crippen LogP) is 3.27. The molecular weight excluding hydrogens is 316 g/mol. The Balaban J connectivity index is 1.40. The number of nitrogens with one attached hydrogen (secondary N) is 1. The van der Waals surface area contributed by atoms with Crippen LogP contribution in [0.25, 0.3) is 0 Å². The first kappa shape index (κ1) is 17.7. The molecule has 0 saturated carbocycles. The van der Waals surface area contributed by atoms with E-state index in [1.54, 1.807) is 0 Å². The van der Waals surface area contributed by atoms with Crippen LogP contribution >= 0.6 is 11.3 Å². The minimum Gasteiger partial charge on any atom is -0.356 e. The molecule has 2 aliphatic heterocycles. The minimum atomic E-state index is 0.421. The summed E-state index contributed by atoms with van der Waals surface area (Å²) in [5.41, 5.74) is 0.421. The Labute approximate surface area is 150 Å². The van der Waals surface area contributed by atoms with E-state index in [0.717, 1.165) is 38.1 Å².